The molecule has 2 rings (SSSR count). The molecular weight excluding hydrogens is 214 g/mol. The van der Waals surface area contributed by atoms with Crippen molar-refractivity contribution in [3.63, 3.8) is 0 Å². The lowest BCUT2D eigenvalue weighted by atomic mass is 10.1. The molecule has 17 heavy (non-hydrogen) atoms. The first-order valence-corrected chi connectivity index (χ1v) is 6.76. The summed E-state index contributed by atoms with van der Waals surface area (Å²) in [5.74, 6) is 2.21. The Morgan fingerprint density at radius 3 is 2.41 bits per heavy atom. The molecule has 1 amide bonds. The summed E-state index contributed by atoms with van der Waals surface area (Å²) in [4.78, 5) is 11.4. The van der Waals surface area contributed by atoms with Crippen LogP contribution in [-0.4, -0.2) is 18.7 Å². The summed E-state index contributed by atoms with van der Waals surface area (Å²) >= 11 is 0. The number of ether oxygens (including phenoxy) is 1. The zero-order chi connectivity index (χ0) is 12.3. The molecule has 0 radical (unpaired) electrons. The molecular formula is C14H23NO2. The van der Waals surface area contributed by atoms with Crippen molar-refractivity contribution in [3.8, 4) is 0 Å². The summed E-state index contributed by atoms with van der Waals surface area (Å²) < 4.78 is 5.28. The fourth-order valence-corrected chi connectivity index (χ4v) is 2.89. The van der Waals surface area contributed by atoms with E-state index in [9.17, 15) is 4.79 Å². The summed E-state index contributed by atoms with van der Waals surface area (Å²) in [6, 6.07) is 0.152. The summed E-state index contributed by atoms with van der Waals surface area (Å²) in [6.45, 7) is 4.49. The van der Waals surface area contributed by atoms with Crippen LogP contribution in [0.2, 0.25) is 0 Å². The first-order chi connectivity index (χ1) is 8.18. The van der Waals surface area contributed by atoms with Gasteiger partial charge in [0.25, 0.3) is 0 Å². The van der Waals surface area contributed by atoms with Crippen molar-refractivity contribution in [3.05, 3.63) is 12.2 Å². The number of carbonyl (C=O) groups is 1. The van der Waals surface area contributed by atoms with Crippen LogP contribution in [0, 0.1) is 17.8 Å². The Morgan fingerprint density at radius 2 is 1.88 bits per heavy atom. The second kappa shape index (κ2) is 5.56. The van der Waals surface area contributed by atoms with Crippen LogP contribution in [0.1, 0.15) is 39.5 Å². The number of nitrogens with one attached hydrogen (secondary N) is 1. The number of hydrogen-bond donors (Lipinski definition) is 1. The molecule has 0 bridgehead atoms. The second-order valence-electron chi connectivity index (χ2n) is 5.52. The van der Waals surface area contributed by atoms with Crippen LogP contribution in [-0.2, 0) is 4.74 Å². The number of fused-ring (bicyclic) bond motifs is 1. The molecule has 3 nitrogen and oxygen atoms in total. The molecule has 1 saturated carbocycles. The van der Waals surface area contributed by atoms with Gasteiger partial charge in [-0.3, -0.25) is 0 Å². The molecule has 0 heterocycles. The van der Waals surface area contributed by atoms with E-state index in [4.69, 9.17) is 4.74 Å². The third-order valence-corrected chi connectivity index (χ3v) is 3.82. The van der Waals surface area contributed by atoms with Crippen molar-refractivity contribution in [2.75, 3.05) is 6.61 Å². The van der Waals surface area contributed by atoms with Gasteiger partial charge < -0.3 is 10.1 Å². The van der Waals surface area contributed by atoms with Gasteiger partial charge in [-0.1, -0.05) is 12.2 Å². The molecule has 96 valence electrons. The number of rotatable bonds is 3. The van der Waals surface area contributed by atoms with Crippen molar-refractivity contribution in [2.45, 2.75) is 45.6 Å². The predicted molar refractivity (Wildman–Crippen MR) is 67.7 cm³/mol. The SMILES string of the molecule is CC(C)NC(=O)OC[C@@H]1[C@@H]2CC/C=C\CC[C@@H]21. The summed E-state index contributed by atoms with van der Waals surface area (Å²) in [7, 11) is 0. The monoisotopic (exact) mass is 237 g/mol. The molecule has 3 atom stereocenters. The lowest BCUT2D eigenvalue weighted by Gasteiger charge is -2.09. The number of amides is 1. The van der Waals surface area contributed by atoms with Crippen molar-refractivity contribution >= 4 is 6.09 Å². The Bertz CT molecular complexity index is 283. The Balaban J connectivity index is 1.69. The van der Waals surface area contributed by atoms with E-state index in [-0.39, 0.29) is 12.1 Å². The van der Waals surface area contributed by atoms with Crippen LogP contribution in [0.15, 0.2) is 12.2 Å². The quantitative estimate of drug-likeness (QED) is 0.766. The van der Waals surface area contributed by atoms with Crippen LogP contribution >= 0.6 is 0 Å². The Hall–Kier alpha value is -0.990. The normalized spacial score (nSPS) is 33.2. The number of carbonyl (C=O) groups excluding carboxylic acids is 1. The maximum absolute atomic E-state index is 11.4. The van der Waals surface area contributed by atoms with Gasteiger partial charge in [0.05, 0.1) is 6.61 Å². The minimum atomic E-state index is -0.266. The molecule has 1 N–H and O–H groups in total. The predicted octanol–water partition coefficient (Wildman–Crippen LogP) is 3.11. The Labute approximate surface area is 104 Å². The third-order valence-electron chi connectivity index (χ3n) is 3.82. The fourth-order valence-electron chi connectivity index (χ4n) is 2.89. The summed E-state index contributed by atoms with van der Waals surface area (Å²) in [5.41, 5.74) is 0. The van der Waals surface area contributed by atoms with E-state index in [0.29, 0.717) is 12.5 Å². The molecule has 0 aliphatic heterocycles. The highest BCUT2D eigenvalue weighted by atomic mass is 16.5. The number of allylic oxidation sites excluding steroid dienone is 2. The van der Waals surface area contributed by atoms with E-state index in [1.165, 1.54) is 25.7 Å². The zero-order valence-electron chi connectivity index (χ0n) is 10.8. The van der Waals surface area contributed by atoms with Crippen molar-refractivity contribution in [1.82, 2.24) is 5.32 Å². The molecule has 1 fully saturated rings. The fraction of sp³-hybridized carbons (Fsp3) is 0.786. The van der Waals surface area contributed by atoms with E-state index in [2.05, 4.69) is 17.5 Å². The molecule has 0 saturated heterocycles. The molecule has 2 aliphatic rings. The van der Waals surface area contributed by atoms with Gasteiger partial charge >= 0.3 is 6.09 Å². The van der Waals surface area contributed by atoms with E-state index in [0.717, 1.165) is 11.8 Å². The van der Waals surface area contributed by atoms with Gasteiger partial charge in [-0.25, -0.2) is 4.79 Å². The Morgan fingerprint density at radius 1 is 1.29 bits per heavy atom. The zero-order valence-corrected chi connectivity index (χ0v) is 10.8. The average Bonchev–Trinajstić information content (AvgIpc) is 2.84. The van der Waals surface area contributed by atoms with Gasteiger partial charge in [-0.2, -0.15) is 0 Å². The largest absolute Gasteiger partial charge is 0.449 e. The molecule has 0 unspecified atom stereocenters. The van der Waals surface area contributed by atoms with Gasteiger partial charge in [0.1, 0.15) is 0 Å². The van der Waals surface area contributed by atoms with Gasteiger partial charge in [0.15, 0.2) is 0 Å². The molecule has 3 heteroatoms. The topological polar surface area (TPSA) is 38.3 Å². The van der Waals surface area contributed by atoms with Crippen molar-refractivity contribution in [1.29, 1.82) is 0 Å². The average molecular weight is 237 g/mol. The maximum atomic E-state index is 11.4. The van der Waals surface area contributed by atoms with Gasteiger partial charge in [-0.15, -0.1) is 0 Å². The molecule has 2 aliphatic carbocycles. The van der Waals surface area contributed by atoms with E-state index in [1.54, 1.807) is 0 Å². The first kappa shape index (κ1) is 12.5. The van der Waals surface area contributed by atoms with Gasteiger partial charge in [0.2, 0.25) is 0 Å². The lowest BCUT2D eigenvalue weighted by molar-refractivity contribution is 0.135. The highest BCUT2D eigenvalue weighted by Crippen LogP contribution is 2.52. The van der Waals surface area contributed by atoms with Gasteiger partial charge in [0, 0.05) is 6.04 Å². The lowest BCUT2D eigenvalue weighted by Crippen LogP contribution is -2.31. The maximum Gasteiger partial charge on any atom is 0.407 e. The highest BCUT2D eigenvalue weighted by molar-refractivity contribution is 5.67. The van der Waals surface area contributed by atoms with Crippen LogP contribution in [0.3, 0.4) is 0 Å². The molecule has 0 aromatic rings. The second-order valence-corrected chi connectivity index (χ2v) is 5.52. The number of alkyl carbamates (subject to hydrolysis) is 1. The summed E-state index contributed by atoms with van der Waals surface area (Å²) in [6.07, 6.45) is 9.22. The minimum absolute atomic E-state index is 0.152. The van der Waals surface area contributed by atoms with Crippen molar-refractivity contribution in [2.24, 2.45) is 17.8 Å². The first-order valence-electron chi connectivity index (χ1n) is 6.76. The smallest absolute Gasteiger partial charge is 0.407 e. The standard InChI is InChI=1S/C14H23NO2/c1-10(2)15-14(16)17-9-13-11-7-5-3-4-6-8-12(11)13/h3-4,10-13H,5-9H2,1-2H3,(H,15,16)/b4-3-/t11-,12+,13-. The highest BCUT2D eigenvalue weighted by Gasteiger charge is 2.49. The van der Waals surface area contributed by atoms with Gasteiger partial charge in [-0.05, 0) is 57.3 Å². The minimum Gasteiger partial charge on any atom is -0.449 e. The van der Waals surface area contributed by atoms with E-state index >= 15 is 0 Å². The van der Waals surface area contributed by atoms with Crippen LogP contribution < -0.4 is 5.32 Å². The van der Waals surface area contributed by atoms with Crippen molar-refractivity contribution < 1.29 is 9.53 Å². The van der Waals surface area contributed by atoms with Crippen LogP contribution in [0.25, 0.3) is 0 Å². The number of hydrogen-bond acceptors (Lipinski definition) is 2. The van der Waals surface area contributed by atoms with E-state index < -0.39 is 0 Å². The van der Waals surface area contributed by atoms with Crippen LogP contribution in [0.4, 0.5) is 4.79 Å². The Kier molecular flexibility index (Phi) is 4.08. The third kappa shape index (κ3) is 3.48. The molecule has 0 spiro atoms. The molecule has 0 aromatic carbocycles. The molecule has 0 aromatic heterocycles. The summed E-state index contributed by atoms with van der Waals surface area (Å²) in [5, 5.41) is 2.76. The van der Waals surface area contributed by atoms with Crippen LogP contribution in [0.5, 0.6) is 0 Å². The van der Waals surface area contributed by atoms with E-state index in [1.807, 2.05) is 13.8 Å².